The summed E-state index contributed by atoms with van der Waals surface area (Å²) < 4.78 is 39.0. The van der Waals surface area contributed by atoms with Crippen LogP contribution in [-0.2, 0) is 0 Å². The second-order valence-electron chi connectivity index (χ2n) is 2.39. The Balaban J connectivity index is 3.02. The van der Waals surface area contributed by atoms with Gasteiger partial charge in [0, 0.05) is 11.0 Å². The zero-order valence-electron chi connectivity index (χ0n) is 6.60. The summed E-state index contributed by atoms with van der Waals surface area (Å²) in [5, 5.41) is 0.0999. The summed E-state index contributed by atoms with van der Waals surface area (Å²) in [6, 6.07) is 2.02. The Hall–Kier alpha value is -0.750. The molecule has 0 aromatic heterocycles. The maximum Gasteiger partial charge on any atom is 0.573 e. The minimum Gasteiger partial charge on any atom is -0.406 e. The highest BCUT2D eigenvalue weighted by Gasteiger charge is 2.31. The fraction of sp³-hybridized carbons (Fsp3) is 0.143. The first kappa shape index (κ1) is 11.3. The lowest BCUT2D eigenvalue weighted by atomic mass is 10.3. The summed E-state index contributed by atoms with van der Waals surface area (Å²) >= 11 is 9.41. The molecular formula is C7H5ClF3NOS. The van der Waals surface area contributed by atoms with E-state index in [1.54, 1.807) is 0 Å². The van der Waals surface area contributed by atoms with Crippen LogP contribution in [0.2, 0.25) is 5.02 Å². The smallest absolute Gasteiger partial charge is 0.406 e. The van der Waals surface area contributed by atoms with E-state index in [-0.39, 0.29) is 15.6 Å². The first-order chi connectivity index (χ1) is 6.29. The van der Waals surface area contributed by atoms with Crippen molar-refractivity contribution in [3.05, 3.63) is 17.2 Å². The largest absolute Gasteiger partial charge is 0.573 e. The van der Waals surface area contributed by atoms with E-state index in [2.05, 4.69) is 17.4 Å². The van der Waals surface area contributed by atoms with Gasteiger partial charge in [0.15, 0.2) is 0 Å². The van der Waals surface area contributed by atoms with Crippen molar-refractivity contribution in [2.45, 2.75) is 11.3 Å². The van der Waals surface area contributed by atoms with Gasteiger partial charge in [-0.3, -0.25) is 0 Å². The van der Waals surface area contributed by atoms with E-state index in [1.165, 1.54) is 0 Å². The Morgan fingerprint density at radius 1 is 1.36 bits per heavy atom. The molecule has 1 rings (SSSR count). The van der Waals surface area contributed by atoms with Crippen LogP contribution in [0.1, 0.15) is 0 Å². The standard InChI is InChI=1S/C7H5ClF3NOS/c8-6-4(12)1-3(2-5(6)14)13-7(9,10)11/h1-2,14H,12H2. The Labute approximate surface area is 88.2 Å². The molecule has 0 aliphatic rings. The van der Waals surface area contributed by atoms with Crippen LogP contribution in [0.5, 0.6) is 5.75 Å². The molecule has 0 unspecified atom stereocenters. The maximum absolute atomic E-state index is 11.8. The SMILES string of the molecule is Nc1cc(OC(F)(F)F)cc(S)c1Cl. The van der Waals surface area contributed by atoms with E-state index in [0.717, 1.165) is 12.1 Å². The number of ether oxygens (including phenoxy) is 1. The highest BCUT2D eigenvalue weighted by atomic mass is 35.5. The van der Waals surface area contributed by atoms with E-state index in [0.29, 0.717) is 0 Å². The van der Waals surface area contributed by atoms with Crippen LogP contribution in [0.15, 0.2) is 17.0 Å². The fourth-order valence-corrected chi connectivity index (χ4v) is 1.16. The average Bonchev–Trinajstić information content (AvgIpc) is 1.96. The lowest BCUT2D eigenvalue weighted by Crippen LogP contribution is -2.17. The predicted octanol–water partition coefficient (Wildman–Crippen LogP) is 3.11. The normalized spacial score (nSPS) is 11.5. The molecule has 2 N–H and O–H groups in total. The number of nitrogen functional groups attached to an aromatic ring is 1. The van der Waals surface area contributed by atoms with Gasteiger partial charge in [0.1, 0.15) is 5.75 Å². The second-order valence-corrected chi connectivity index (χ2v) is 3.25. The summed E-state index contributed by atoms with van der Waals surface area (Å²) in [4.78, 5) is 0.130. The topological polar surface area (TPSA) is 35.2 Å². The molecule has 0 saturated heterocycles. The number of alkyl halides is 3. The number of nitrogens with two attached hydrogens (primary N) is 1. The minimum atomic E-state index is -4.75. The second kappa shape index (κ2) is 3.78. The minimum absolute atomic E-state index is 0.0154. The van der Waals surface area contributed by atoms with E-state index in [9.17, 15) is 13.2 Å². The summed E-state index contributed by atoms with van der Waals surface area (Å²) in [6.45, 7) is 0. The van der Waals surface area contributed by atoms with Crippen LogP contribution in [0.4, 0.5) is 18.9 Å². The van der Waals surface area contributed by atoms with E-state index in [4.69, 9.17) is 17.3 Å². The van der Waals surface area contributed by atoms with Gasteiger partial charge in [-0.2, -0.15) is 0 Å². The molecule has 1 aromatic rings. The molecule has 0 atom stereocenters. The van der Waals surface area contributed by atoms with Gasteiger partial charge < -0.3 is 10.5 Å². The van der Waals surface area contributed by atoms with Crippen LogP contribution >= 0.6 is 24.2 Å². The van der Waals surface area contributed by atoms with Crippen molar-refractivity contribution in [2.24, 2.45) is 0 Å². The van der Waals surface area contributed by atoms with Gasteiger partial charge in [-0.25, -0.2) is 0 Å². The fourth-order valence-electron chi connectivity index (χ4n) is 0.797. The van der Waals surface area contributed by atoms with Crippen LogP contribution in [0.3, 0.4) is 0 Å². The van der Waals surface area contributed by atoms with Crippen molar-refractivity contribution in [1.82, 2.24) is 0 Å². The van der Waals surface area contributed by atoms with Gasteiger partial charge in [0.05, 0.1) is 10.7 Å². The third-order valence-electron chi connectivity index (χ3n) is 1.29. The van der Waals surface area contributed by atoms with Crippen LogP contribution in [0, 0.1) is 0 Å². The summed E-state index contributed by atoms with van der Waals surface area (Å²) in [7, 11) is 0. The monoisotopic (exact) mass is 243 g/mol. The molecule has 0 bridgehead atoms. The third kappa shape index (κ3) is 2.88. The van der Waals surface area contributed by atoms with Crippen molar-refractivity contribution in [1.29, 1.82) is 0 Å². The van der Waals surface area contributed by atoms with Gasteiger partial charge in [-0.05, 0) is 6.07 Å². The van der Waals surface area contributed by atoms with E-state index in [1.807, 2.05) is 0 Å². The summed E-state index contributed by atoms with van der Waals surface area (Å²) in [5.41, 5.74) is 5.30. The molecule has 0 aliphatic heterocycles. The molecule has 0 spiro atoms. The third-order valence-corrected chi connectivity index (χ3v) is 2.19. The van der Waals surface area contributed by atoms with Crippen molar-refractivity contribution in [2.75, 3.05) is 5.73 Å². The quantitative estimate of drug-likeness (QED) is 0.587. The first-order valence-corrected chi connectivity index (χ1v) is 4.16. The summed E-state index contributed by atoms with van der Waals surface area (Å²) in [6.07, 6.45) is -4.75. The molecular weight excluding hydrogens is 239 g/mol. The predicted molar refractivity (Wildman–Crippen MR) is 49.8 cm³/mol. The van der Waals surface area contributed by atoms with Gasteiger partial charge in [-0.1, -0.05) is 11.6 Å². The molecule has 0 fully saturated rings. The van der Waals surface area contributed by atoms with Gasteiger partial charge >= 0.3 is 6.36 Å². The molecule has 0 heterocycles. The highest BCUT2D eigenvalue weighted by Crippen LogP contribution is 2.33. The van der Waals surface area contributed by atoms with Crippen molar-refractivity contribution in [3.63, 3.8) is 0 Å². The lowest BCUT2D eigenvalue weighted by Gasteiger charge is -2.10. The lowest BCUT2D eigenvalue weighted by molar-refractivity contribution is -0.274. The van der Waals surface area contributed by atoms with Crippen LogP contribution in [0.25, 0.3) is 0 Å². The number of benzene rings is 1. The zero-order valence-corrected chi connectivity index (χ0v) is 8.25. The number of hydrogen-bond donors (Lipinski definition) is 2. The van der Waals surface area contributed by atoms with Crippen LogP contribution in [-0.4, -0.2) is 6.36 Å². The Kier molecular flexibility index (Phi) is 3.06. The summed E-state index contributed by atoms with van der Waals surface area (Å²) in [5.74, 6) is -0.440. The molecule has 78 valence electrons. The number of thiol groups is 1. The molecule has 0 saturated carbocycles. The number of anilines is 1. The van der Waals surface area contributed by atoms with E-state index < -0.39 is 12.1 Å². The van der Waals surface area contributed by atoms with Crippen LogP contribution < -0.4 is 10.5 Å². The maximum atomic E-state index is 11.8. The molecule has 2 nitrogen and oxygen atoms in total. The Morgan fingerprint density at radius 3 is 2.36 bits per heavy atom. The number of hydrogen-bond acceptors (Lipinski definition) is 3. The van der Waals surface area contributed by atoms with Crippen molar-refractivity contribution in [3.8, 4) is 5.75 Å². The first-order valence-electron chi connectivity index (χ1n) is 3.33. The van der Waals surface area contributed by atoms with Crippen molar-refractivity contribution >= 4 is 29.9 Å². The van der Waals surface area contributed by atoms with E-state index >= 15 is 0 Å². The van der Waals surface area contributed by atoms with Crippen molar-refractivity contribution < 1.29 is 17.9 Å². The Bertz CT molecular complexity index is 332. The molecule has 7 heteroatoms. The number of halogens is 4. The molecule has 0 amide bonds. The number of rotatable bonds is 1. The molecule has 0 aliphatic carbocycles. The molecule has 0 radical (unpaired) electrons. The van der Waals surface area contributed by atoms with Gasteiger partial charge in [-0.15, -0.1) is 25.8 Å². The highest BCUT2D eigenvalue weighted by molar-refractivity contribution is 7.80. The Morgan fingerprint density at radius 2 is 1.93 bits per heavy atom. The zero-order chi connectivity index (χ0) is 10.9. The van der Waals surface area contributed by atoms with Gasteiger partial charge in [0.25, 0.3) is 0 Å². The molecule has 1 aromatic carbocycles. The van der Waals surface area contributed by atoms with Gasteiger partial charge in [0.2, 0.25) is 0 Å². The molecule has 14 heavy (non-hydrogen) atoms. The average molecular weight is 244 g/mol.